The Bertz CT molecular complexity index is 1320. The number of benzene rings is 2. The molecule has 0 unspecified atom stereocenters. The second-order valence-corrected chi connectivity index (χ2v) is 12.0. The average molecular weight is 549 g/mol. The molecule has 1 N–H and O–H groups in total. The van der Waals surface area contributed by atoms with E-state index in [0.717, 1.165) is 22.5 Å². The molecule has 190 valence electrons. The summed E-state index contributed by atoms with van der Waals surface area (Å²) in [6.45, 7) is 0.923. The number of nitrogens with zero attached hydrogens (tertiary/aromatic N) is 1. The standard InChI is InChI=1S/C25H25ClN2O6S2/c1-33-25(30)19-8-10-20(11-9-19)34-16-18-6-4-17(5-7-18)15-27-24(29)21-3-2-14-28(21)36(31,32)23-13-12-22(26)35-23/h4-13,21H,2-3,14-16H2,1H3,(H,27,29)/t21-/m0/s1. The molecule has 8 nitrogen and oxygen atoms in total. The van der Waals surface area contributed by atoms with Crippen molar-refractivity contribution in [1.82, 2.24) is 9.62 Å². The van der Waals surface area contributed by atoms with Crippen LogP contribution in [0.25, 0.3) is 0 Å². The van der Waals surface area contributed by atoms with Crippen LogP contribution in [0.4, 0.5) is 0 Å². The predicted molar refractivity (Wildman–Crippen MR) is 137 cm³/mol. The molecule has 1 aliphatic heterocycles. The number of nitrogens with one attached hydrogen (secondary N) is 1. The Morgan fingerprint density at radius 3 is 2.39 bits per heavy atom. The molecule has 1 fully saturated rings. The highest BCUT2D eigenvalue weighted by molar-refractivity contribution is 7.91. The van der Waals surface area contributed by atoms with Gasteiger partial charge in [0.25, 0.3) is 10.0 Å². The molecule has 3 aromatic rings. The molecule has 2 heterocycles. The number of hydrogen-bond donors (Lipinski definition) is 1. The molecule has 11 heteroatoms. The van der Waals surface area contributed by atoms with Crippen LogP contribution in [0.1, 0.15) is 34.3 Å². The number of halogens is 1. The predicted octanol–water partition coefficient (Wildman–Crippen LogP) is 4.24. The molecule has 1 atom stereocenters. The highest BCUT2D eigenvalue weighted by Crippen LogP contribution is 2.32. The van der Waals surface area contributed by atoms with Gasteiger partial charge in [-0.05, 0) is 60.4 Å². The summed E-state index contributed by atoms with van der Waals surface area (Å²) in [5.41, 5.74) is 2.27. The lowest BCUT2D eigenvalue weighted by Gasteiger charge is -2.22. The molecule has 0 aliphatic carbocycles. The first-order chi connectivity index (χ1) is 17.3. The van der Waals surface area contributed by atoms with Crippen LogP contribution in [0.2, 0.25) is 4.34 Å². The van der Waals surface area contributed by atoms with Gasteiger partial charge in [-0.25, -0.2) is 13.2 Å². The summed E-state index contributed by atoms with van der Waals surface area (Å²) in [6.07, 6.45) is 1.09. The summed E-state index contributed by atoms with van der Waals surface area (Å²) >= 11 is 6.89. The second-order valence-electron chi connectivity index (χ2n) is 8.17. The van der Waals surface area contributed by atoms with Crippen molar-refractivity contribution in [3.05, 3.63) is 81.7 Å². The molecule has 36 heavy (non-hydrogen) atoms. The van der Waals surface area contributed by atoms with E-state index in [0.29, 0.717) is 41.6 Å². The van der Waals surface area contributed by atoms with Gasteiger partial charge in [0.05, 0.1) is 17.0 Å². The molecule has 1 amide bonds. The number of sulfonamides is 1. The fraction of sp³-hybridized carbons (Fsp3) is 0.280. The van der Waals surface area contributed by atoms with Crippen LogP contribution in [0.15, 0.2) is 64.9 Å². The largest absolute Gasteiger partial charge is 0.489 e. The summed E-state index contributed by atoms with van der Waals surface area (Å²) in [5, 5.41) is 2.86. The van der Waals surface area contributed by atoms with Crippen LogP contribution >= 0.6 is 22.9 Å². The van der Waals surface area contributed by atoms with Gasteiger partial charge in [0.15, 0.2) is 0 Å². The Morgan fingerprint density at radius 1 is 1.06 bits per heavy atom. The average Bonchev–Trinajstić information content (AvgIpc) is 3.57. The molecule has 1 saturated heterocycles. The van der Waals surface area contributed by atoms with Crippen molar-refractivity contribution in [2.75, 3.05) is 13.7 Å². The Balaban J connectivity index is 1.29. The summed E-state index contributed by atoms with van der Waals surface area (Å²) in [6, 6.07) is 16.5. The van der Waals surface area contributed by atoms with E-state index in [1.165, 1.54) is 17.5 Å². The molecule has 1 aliphatic rings. The maximum atomic E-state index is 13.0. The lowest BCUT2D eigenvalue weighted by molar-refractivity contribution is -0.124. The molecular formula is C25H25ClN2O6S2. The zero-order valence-corrected chi connectivity index (χ0v) is 21.9. The van der Waals surface area contributed by atoms with E-state index in [1.807, 2.05) is 24.3 Å². The number of rotatable bonds is 9. The Kier molecular flexibility index (Phi) is 8.30. The first-order valence-electron chi connectivity index (χ1n) is 11.2. The number of carbonyl (C=O) groups is 2. The SMILES string of the molecule is COC(=O)c1ccc(OCc2ccc(CNC(=O)[C@@H]3CCCN3S(=O)(=O)c3ccc(Cl)s3)cc2)cc1. The molecule has 0 spiro atoms. The summed E-state index contributed by atoms with van der Waals surface area (Å²) in [4.78, 5) is 24.3. The third-order valence-corrected chi connectivity index (χ3v) is 9.40. The highest BCUT2D eigenvalue weighted by atomic mass is 35.5. The van der Waals surface area contributed by atoms with Gasteiger partial charge < -0.3 is 14.8 Å². The van der Waals surface area contributed by atoms with Crippen LogP contribution in [0.5, 0.6) is 5.75 Å². The van der Waals surface area contributed by atoms with Crippen molar-refractivity contribution < 1.29 is 27.5 Å². The Morgan fingerprint density at radius 2 is 1.75 bits per heavy atom. The van der Waals surface area contributed by atoms with Crippen molar-refractivity contribution in [2.45, 2.75) is 36.2 Å². The number of ether oxygens (including phenoxy) is 2. The number of carbonyl (C=O) groups excluding carboxylic acids is 2. The van der Waals surface area contributed by atoms with E-state index in [-0.39, 0.29) is 16.7 Å². The maximum absolute atomic E-state index is 13.0. The van der Waals surface area contributed by atoms with Crippen molar-refractivity contribution in [3.8, 4) is 5.75 Å². The minimum absolute atomic E-state index is 0.143. The molecular weight excluding hydrogens is 524 g/mol. The topological polar surface area (TPSA) is 102 Å². The van der Waals surface area contributed by atoms with Crippen LogP contribution < -0.4 is 10.1 Å². The van der Waals surface area contributed by atoms with Crippen molar-refractivity contribution in [3.63, 3.8) is 0 Å². The minimum Gasteiger partial charge on any atom is -0.489 e. The van der Waals surface area contributed by atoms with Crippen LogP contribution in [-0.4, -0.2) is 44.3 Å². The summed E-state index contributed by atoms with van der Waals surface area (Å²) in [7, 11) is -2.44. The Hall–Kier alpha value is -2.92. The molecule has 0 bridgehead atoms. The normalized spacial score (nSPS) is 16.0. The zero-order chi connectivity index (χ0) is 25.7. The van der Waals surface area contributed by atoms with Crippen LogP contribution in [-0.2, 0) is 32.7 Å². The number of esters is 1. The second kappa shape index (κ2) is 11.4. The van der Waals surface area contributed by atoms with Gasteiger partial charge in [0, 0.05) is 13.1 Å². The smallest absolute Gasteiger partial charge is 0.337 e. The van der Waals surface area contributed by atoms with Gasteiger partial charge in [-0.2, -0.15) is 4.31 Å². The van der Waals surface area contributed by atoms with E-state index in [4.69, 9.17) is 16.3 Å². The molecule has 0 saturated carbocycles. The lowest BCUT2D eigenvalue weighted by Crippen LogP contribution is -2.45. The van der Waals surface area contributed by atoms with Crippen LogP contribution in [0, 0.1) is 0 Å². The van der Waals surface area contributed by atoms with Gasteiger partial charge in [0.2, 0.25) is 5.91 Å². The van der Waals surface area contributed by atoms with Gasteiger partial charge in [-0.15, -0.1) is 11.3 Å². The zero-order valence-electron chi connectivity index (χ0n) is 19.5. The van der Waals surface area contributed by atoms with Crippen molar-refractivity contribution in [1.29, 1.82) is 0 Å². The lowest BCUT2D eigenvalue weighted by atomic mass is 10.1. The van der Waals surface area contributed by atoms with Gasteiger partial charge in [-0.1, -0.05) is 35.9 Å². The number of methoxy groups -OCH3 is 1. The quantitative estimate of drug-likeness (QED) is 0.401. The maximum Gasteiger partial charge on any atom is 0.337 e. The first kappa shape index (κ1) is 26.2. The van der Waals surface area contributed by atoms with Crippen LogP contribution in [0.3, 0.4) is 0 Å². The van der Waals surface area contributed by atoms with Crippen molar-refractivity contribution >= 4 is 44.8 Å². The van der Waals surface area contributed by atoms with E-state index < -0.39 is 22.0 Å². The van der Waals surface area contributed by atoms with E-state index in [1.54, 1.807) is 30.3 Å². The van der Waals surface area contributed by atoms with Crippen molar-refractivity contribution in [2.24, 2.45) is 0 Å². The monoisotopic (exact) mass is 548 g/mol. The van der Waals surface area contributed by atoms with E-state index in [2.05, 4.69) is 10.1 Å². The molecule has 1 aromatic heterocycles. The highest BCUT2D eigenvalue weighted by Gasteiger charge is 2.40. The third-order valence-electron chi connectivity index (χ3n) is 5.79. The fourth-order valence-corrected chi connectivity index (χ4v) is 7.14. The van der Waals surface area contributed by atoms with Gasteiger partial charge >= 0.3 is 5.97 Å². The van der Waals surface area contributed by atoms with Gasteiger partial charge in [0.1, 0.15) is 22.6 Å². The first-order valence-corrected chi connectivity index (χ1v) is 13.9. The summed E-state index contributed by atoms with van der Waals surface area (Å²) < 4.78 is 38.2. The number of hydrogen-bond acceptors (Lipinski definition) is 7. The third kappa shape index (κ3) is 6.07. The van der Waals surface area contributed by atoms with Gasteiger partial charge in [-0.3, -0.25) is 4.79 Å². The number of thiophene rings is 1. The molecule has 2 aromatic carbocycles. The molecule has 4 rings (SSSR count). The molecule has 0 radical (unpaired) electrons. The minimum atomic E-state index is -3.77. The van der Waals surface area contributed by atoms with E-state index >= 15 is 0 Å². The number of amides is 1. The Labute approximate surface area is 218 Å². The summed E-state index contributed by atoms with van der Waals surface area (Å²) in [5.74, 6) is -0.0969. The fourth-order valence-electron chi connectivity index (χ4n) is 3.87. The van der Waals surface area contributed by atoms with E-state index in [9.17, 15) is 18.0 Å².